The highest BCUT2D eigenvalue weighted by Crippen LogP contribution is 2.42. The van der Waals surface area contributed by atoms with Crippen LogP contribution in [0.5, 0.6) is 5.88 Å². The highest BCUT2D eigenvalue weighted by molar-refractivity contribution is 7.19. The lowest BCUT2D eigenvalue weighted by molar-refractivity contribution is -0.00124. The Morgan fingerprint density at radius 2 is 1.74 bits per heavy atom. The lowest BCUT2D eigenvalue weighted by Crippen LogP contribution is -2.46. The van der Waals surface area contributed by atoms with E-state index >= 15 is 0 Å². The number of aryl methyl sites for hydroxylation is 2. The number of anilines is 2. The predicted octanol–water partition coefficient (Wildman–Crippen LogP) is 5.41. The third-order valence-electron chi connectivity index (χ3n) is 8.99. The first-order chi connectivity index (χ1) is 18.8. The van der Waals surface area contributed by atoms with Crippen molar-refractivity contribution in [1.29, 1.82) is 0 Å². The van der Waals surface area contributed by atoms with E-state index in [4.69, 9.17) is 19.4 Å². The average Bonchev–Trinajstić information content (AvgIpc) is 3.56. The van der Waals surface area contributed by atoms with Crippen LogP contribution in [0.1, 0.15) is 66.9 Å². The molecule has 8 heteroatoms. The number of hydrogen-bond acceptors (Lipinski definition) is 8. The van der Waals surface area contributed by atoms with E-state index in [9.17, 15) is 0 Å². The van der Waals surface area contributed by atoms with E-state index in [1.165, 1.54) is 53.5 Å². The molecule has 2 N–H and O–H groups in total. The van der Waals surface area contributed by atoms with E-state index in [0.717, 1.165) is 81.5 Å². The molecule has 7 rings (SSSR count). The zero-order valence-electron chi connectivity index (χ0n) is 22.2. The molecule has 0 amide bonds. The molecule has 1 aromatic carbocycles. The Kier molecular flexibility index (Phi) is 7.22. The largest absolute Gasteiger partial charge is 0.474 e. The molecular weight excluding hydrogens is 494 g/mol. The van der Waals surface area contributed by atoms with Crippen molar-refractivity contribution < 1.29 is 9.47 Å². The molecular formula is C30H39N5O2S. The van der Waals surface area contributed by atoms with Gasteiger partial charge in [-0.2, -0.15) is 4.98 Å². The van der Waals surface area contributed by atoms with Gasteiger partial charge in [-0.25, -0.2) is 4.98 Å². The Morgan fingerprint density at radius 3 is 2.53 bits per heavy atom. The molecule has 0 radical (unpaired) electrons. The molecule has 3 fully saturated rings. The normalized spacial score (nSPS) is 24.9. The molecule has 2 aliphatic carbocycles. The summed E-state index contributed by atoms with van der Waals surface area (Å²) in [6.07, 6.45) is 10.7. The van der Waals surface area contributed by atoms with Crippen molar-refractivity contribution in [3.05, 3.63) is 40.3 Å². The first kappa shape index (κ1) is 24.8. The van der Waals surface area contributed by atoms with Gasteiger partial charge in [-0.1, -0.05) is 12.1 Å². The van der Waals surface area contributed by atoms with Crippen molar-refractivity contribution in [3.8, 4) is 5.88 Å². The Morgan fingerprint density at radius 1 is 0.947 bits per heavy atom. The van der Waals surface area contributed by atoms with Crippen LogP contribution < -0.4 is 15.4 Å². The van der Waals surface area contributed by atoms with Crippen LogP contribution in [0, 0.1) is 0 Å². The second-order valence-corrected chi connectivity index (χ2v) is 12.4. The first-order valence-electron chi connectivity index (χ1n) is 14.7. The SMILES string of the molecule is c1cc(C2CCNCC2)ccc1Nc1nc(OC2CCC(N3CCOCC3)CC2)c2c3c(sc2n1)CCC3. The van der Waals surface area contributed by atoms with Gasteiger partial charge in [-0.3, -0.25) is 4.90 Å². The molecule has 2 saturated heterocycles. The molecule has 3 aromatic rings. The van der Waals surface area contributed by atoms with E-state index in [2.05, 4.69) is 39.8 Å². The van der Waals surface area contributed by atoms with Gasteiger partial charge in [0.25, 0.3) is 0 Å². The highest BCUT2D eigenvalue weighted by Gasteiger charge is 2.30. The molecule has 0 bridgehead atoms. The van der Waals surface area contributed by atoms with Gasteiger partial charge in [0.05, 0.1) is 18.6 Å². The fraction of sp³-hybridized carbons (Fsp3) is 0.600. The third-order valence-corrected chi connectivity index (χ3v) is 10.2. The predicted molar refractivity (Wildman–Crippen MR) is 153 cm³/mol. The number of morpholine rings is 1. The molecule has 0 atom stereocenters. The van der Waals surface area contributed by atoms with E-state index < -0.39 is 0 Å². The highest BCUT2D eigenvalue weighted by atomic mass is 32.1. The first-order valence-corrected chi connectivity index (χ1v) is 15.5. The summed E-state index contributed by atoms with van der Waals surface area (Å²) in [5.41, 5.74) is 3.89. The van der Waals surface area contributed by atoms with Crippen LogP contribution in [0.25, 0.3) is 10.2 Å². The number of piperidine rings is 1. The number of rotatable bonds is 6. The Hall–Kier alpha value is -2.26. The van der Waals surface area contributed by atoms with Crippen LogP contribution in [0.2, 0.25) is 0 Å². The molecule has 202 valence electrons. The van der Waals surface area contributed by atoms with Crippen molar-refractivity contribution >= 4 is 33.2 Å². The summed E-state index contributed by atoms with van der Waals surface area (Å²) >= 11 is 1.83. The molecule has 0 spiro atoms. The van der Waals surface area contributed by atoms with Gasteiger partial charge < -0.3 is 20.1 Å². The number of aromatic nitrogens is 2. The summed E-state index contributed by atoms with van der Waals surface area (Å²) in [7, 11) is 0. The zero-order valence-corrected chi connectivity index (χ0v) is 23.0. The summed E-state index contributed by atoms with van der Waals surface area (Å²) in [5.74, 6) is 2.09. The fourth-order valence-corrected chi connectivity index (χ4v) is 8.11. The van der Waals surface area contributed by atoms with Crippen molar-refractivity contribution in [2.75, 3.05) is 44.7 Å². The minimum absolute atomic E-state index is 0.222. The van der Waals surface area contributed by atoms with Crippen molar-refractivity contribution in [3.63, 3.8) is 0 Å². The summed E-state index contributed by atoms with van der Waals surface area (Å²) in [6.45, 7) is 6.10. The monoisotopic (exact) mass is 533 g/mol. The van der Waals surface area contributed by atoms with Gasteiger partial charge in [-0.15, -0.1) is 11.3 Å². The lowest BCUT2D eigenvalue weighted by Gasteiger charge is -2.38. The van der Waals surface area contributed by atoms with Crippen LogP contribution in [-0.2, 0) is 17.6 Å². The average molecular weight is 534 g/mol. The minimum atomic E-state index is 0.222. The maximum Gasteiger partial charge on any atom is 0.231 e. The summed E-state index contributed by atoms with van der Waals surface area (Å²) in [5, 5.41) is 8.13. The second kappa shape index (κ2) is 11.1. The number of benzene rings is 1. The van der Waals surface area contributed by atoms with Gasteiger partial charge in [0.2, 0.25) is 11.8 Å². The minimum Gasteiger partial charge on any atom is -0.474 e. The standard InChI is InChI=1S/C30H39N5O2S/c1-2-25-26(3-1)38-29-27(25)28(37-24-10-8-23(9-11-24)35-16-18-36-19-17-35)33-30(34-29)32-22-6-4-20(5-7-22)21-12-14-31-15-13-21/h4-7,21,23-24,31H,1-3,8-19H2,(H,32,33,34). The number of ether oxygens (including phenoxy) is 2. The van der Waals surface area contributed by atoms with Gasteiger partial charge in [0.15, 0.2) is 0 Å². The molecule has 4 aliphatic rings. The molecule has 38 heavy (non-hydrogen) atoms. The number of thiophene rings is 1. The summed E-state index contributed by atoms with van der Waals surface area (Å²) in [6, 6.07) is 9.54. The molecule has 4 heterocycles. The smallest absolute Gasteiger partial charge is 0.231 e. The Labute approximate surface area is 229 Å². The number of hydrogen-bond donors (Lipinski definition) is 2. The Balaban J connectivity index is 1.09. The zero-order chi connectivity index (χ0) is 25.3. The van der Waals surface area contributed by atoms with Crippen molar-refractivity contribution in [2.45, 2.75) is 75.9 Å². The maximum atomic E-state index is 6.73. The number of nitrogens with zero attached hydrogens (tertiary/aromatic N) is 3. The quantitative estimate of drug-likeness (QED) is 0.439. The summed E-state index contributed by atoms with van der Waals surface area (Å²) < 4.78 is 12.3. The van der Waals surface area contributed by atoms with Gasteiger partial charge in [0.1, 0.15) is 10.9 Å². The van der Waals surface area contributed by atoms with E-state index in [-0.39, 0.29) is 6.10 Å². The van der Waals surface area contributed by atoms with Crippen LogP contribution in [-0.4, -0.2) is 66.4 Å². The van der Waals surface area contributed by atoms with Crippen LogP contribution in [0.15, 0.2) is 24.3 Å². The van der Waals surface area contributed by atoms with Gasteiger partial charge in [0, 0.05) is 29.7 Å². The molecule has 7 nitrogen and oxygen atoms in total. The molecule has 2 aliphatic heterocycles. The van der Waals surface area contributed by atoms with E-state index in [1.54, 1.807) is 0 Å². The second-order valence-electron chi connectivity index (χ2n) is 11.4. The van der Waals surface area contributed by atoms with Crippen LogP contribution >= 0.6 is 11.3 Å². The maximum absolute atomic E-state index is 6.73. The topological polar surface area (TPSA) is 71.5 Å². The Bertz CT molecular complexity index is 1240. The van der Waals surface area contributed by atoms with Crippen molar-refractivity contribution in [1.82, 2.24) is 20.2 Å². The fourth-order valence-electron chi connectivity index (χ4n) is 6.86. The van der Waals surface area contributed by atoms with Crippen molar-refractivity contribution in [2.24, 2.45) is 0 Å². The summed E-state index contributed by atoms with van der Waals surface area (Å²) in [4.78, 5) is 15.1. The van der Waals surface area contributed by atoms with Gasteiger partial charge >= 0.3 is 0 Å². The third kappa shape index (κ3) is 5.16. The number of nitrogens with one attached hydrogen (secondary N) is 2. The molecule has 2 aromatic heterocycles. The van der Waals surface area contributed by atoms with E-state index in [0.29, 0.717) is 17.9 Å². The van der Waals surface area contributed by atoms with Crippen LogP contribution in [0.4, 0.5) is 11.6 Å². The lowest BCUT2D eigenvalue weighted by atomic mass is 9.90. The number of fused-ring (bicyclic) bond motifs is 3. The van der Waals surface area contributed by atoms with Crippen LogP contribution in [0.3, 0.4) is 0 Å². The molecule has 1 saturated carbocycles. The molecule has 0 unspecified atom stereocenters. The van der Waals surface area contributed by atoms with Gasteiger partial charge in [-0.05, 0) is 100 Å². The van der Waals surface area contributed by atoms with E-state index in [1.807, 2.05) is 11.3 Å².